The average molecular weight is 322 g/mol. The standard InChI is InChI=1S/C10H15IN2O2/c1-4-7-8(11)10(14)13-9(12-7)6(2)5-15-3/h6H,4-5H2,1-3H3,(H,12,13,14). The number of ether oxygens (including phenoxy) is 1. The molecule has 0 saturated carbocycles. The van der Waals surface area contributed by atoms with E-state index in [1.165, 1.54) is 0 Å². The first kappa shape index (κ1) is 12.6. The van der Waals surface area contributed by atoms with Crippen molar-refractivity contribution in [1.29, 1.82) is 0 Å². The molecule has 0 aliphatic heterocycles. The van der Waals surface area contributed by atoms with Gasteiger partial charge in [-0.15, -0.1) is 0 Å². The molecule has 15 heavy (non-hydrogen) atoms. The summed E-state index contributed by atoms with van der Waals surface area (Å²) in [5.74, 6) is 0.823. The summed E-state index contributed by atoms with van der Waals surface area (Å²) in [6.45, 7) is 4.54. The largest absolute Gasteiger partial charge is 0.384 e. The number of H-pyrrole nitrogens is 1. The molecule has 0 bridgehead atoms. The first-order valence-electron chi connectivity index (χ1n) is 4.87. The first-order chi connectivity index (χ1) is 7.10. The molecule has 1 aromatic heterocycles. The topological polar surface area (TPSA) is 55.0 Å². The van der Waals surface area contributed by atoms with Gasteiger partial charge in [-0.2, -0.15) is 0 Å². The van der Waals surface area contributed by atoms with Crippen molar-refractivity contribution in [1.82, 2.24) is 9.97 Å². The molecule has 0 fully saturated rings. The highest BCUT2D eigenvalue weighted by atomic mass is 127. The Hall–Kier alpha value is -0.430. The molecule has 4 nitrogen and oxygen atoms in total. The lowest BCUT2D eigenvalue weighted by molar-refractivity contribution is 0.181. The number of aromatic amines is 1. The van der Waals surface area contributed by atoms with Crippen LogP contribution in [0.15, 0.2) is 4.79 Å². The minimum absolute atomic E-state index is 0.0552. The second kappa shape index (κ2) is 5.60. The fourth-order valence-electron chi connectivity index (χ4n) is 1.32. The van der Waals surface area contributed by atoms with E-state index in [1.807, 2.05) is 36.4 Å². The van der Waals surface area contributed by atoms with E-state index in [1.54, 1.807) is 7.11 Å². The summed E-state index contributed by atoms with van der Waals surface area (Å²) < 4.78 is 5.72. The lowest BCUT2D eigenvalue weighted by Crippen LogP contribution is -2.20. The molecular weight excluding hydrogens is 307 g/mol. The lowest BCUT2D eigenvalue weighted by Gasteiger charge is -2.11. The maximum Gasteiger partial charge on any atom is 0.264 e. The number of aryl methyl sites for hydroxylation is 1. The van der Waals surface area contributed by atoms with Crippen molar-refractivity contribution in [2.24, 2.45) is 0 Å². The van der Waals surface area contributed by atoms with Gasteiger partial charge in [-0.25, -0.2) is 4.98 Å². The first-order valence-corrected chi connectivity index (χ1v) is 5.95. The highest BCUT2D eigenvalue weighted by Gasteiger charge is 2.12. The molecule has 0 aliphatic rings. The molecule has 0 aromatic carbocycles. The third-order valence-corrected chi connectivity index (χ3v) is 3.28. The zero-order valence-electron chi connectivity index (χ0n) is 9.13. The number of nitrogens with one attached hydrogen (secondary N) is 1. The minimum Gasteiger partial charge on any atom is -0.384 e. The van der Waals surface area contributed by atoms with Gasteiger partial charge in [0.25, 0.3) is 5.56 Å². The number of hydrogen-bond donors (Lipinski definition) is 1. The van der Waals surface area contributed by atoms with E-state index in [-0.39, 0.29) is 11.5 Å². The Balaban J connectivity index is 3.11. The second-order valence-corrected chi connectivity index (χ2v) is 4.50. The Morgan fingerprint density at radius 2 is 2.27 bits per heavy atom. The fraction of sp³-hybridized carbons (Fsp3) is 0.600. The number of hydrogen-bond acceptors (Lipinski definition) is 3. The van der Waals surface area contributed by atoms with Crippen LogP contribution in [0.25, 0.3) is 0 Å². The lowest BCUT2D eigenvalue weighted by atomic mass is 10.2. The highest BCUT2D eigenvalue weighted by molar-refractivity contribution is 14.1. The number of nitrogens with zero attached hydrogens (tertiary/aromatic N) is 1. The van der Waals surface area contributed by atoms with E-state index in [0.29, 0.717) is 16.0 Å². The van der Waals surface area contributed by atoms with Crippen LogP contribution in [-0.2, 0) is 11.2 Å². The molecular formula is C10H15IN2O2. The highest BCUT2D eigenvalue weighted by Crippen LogP contribution is 2.12. The number of rotatable bonds is 4. The van der Waals surface area contributed by atoms with E-state index in [2.05, 4.69) is 9.97 Å². The number of halogens is 1. The quantitative estimate of drug-likeness (QED) is 0.858. The van der Waals surface area contributed by atoms with E-state index in [9.17, 15) is 4.79 Å². The van der Waals surface area contributed by atoms with Gasteiger partial charge in [0.05, 0.1) is 15.9 Å². The minimum atomic E-state index is -0.0552. The predicted molar refractivity (Wildman–Crippen MR) is 67.2 cm³/mol. The average Bonchev–Trinajstić information content (AvgIpc) is 2.22. The summed E-state index contributed by atoms with van der Waals surface area (Å²) in [6, 6.07) is 0. The van der Waals surface area contributed by atoms with Gasteiger partial charge in [-0.3, -0.25) is 4.79 Å². The van der Waals surface area contributed by atoms with Crippen LogP contribution in [0.1, 0.15) is 31.3 Å². The molecule has 1 rings (SSSR count). The maximum absolute atomic E-state index is 11.6. The monoisotopic (exact) mass is 322 g/mol. The van der Waals surface area contributed by atoms with Crippen LogP contribution >= 0.6 is 22.6 Å². The van der Waals surface area contributed by atoms with Crippen molar-refractivity contribution in [2.75, 3.05) is 13.7 Å². The number of methoxy groups -OCH3 is 1. The molecule has 84 valence electrons. The van der Waals surface area contributed by atoms with Crippen LogP contribution in [0, 0.1) is 3.57 Å². The summed E-state index contributed by atoms with van der Waals surface area (Å²) in [5, 5.41) is 0. The van der Waals surface area contributed by atoms with Gasteiger partial charge in [-0.05, 0) is 29.0 Å². The molecule has 0 amide bonds. The van der Waals surface area contributed by atoms with Gasteiger partial charge in [0.2, 0.25) is 0 Å². The van der Waals surface area contributed by atoms with Crippen LogP contribution in [0.2, 0.25) is 0 Å². The number of aromatic nitrogens is 2. The Morgan fingerprint density at radius 3 is 2.80 bits per heavy atom. The molecule has 1 N–H and O–H groups in total. The molecule has 0 radical (unpaired) electrons. The Kier molecular flexibility index (Phi) is 4.72. The van der Waals surface area contributed by atoms with Crippen molar-refractivity contribution in [3.63, 3.8) is 0 Å². The van der Waals surface area contributed by atoms with E-state index < -0.39 is 0 Å². The summed E-state index contributed by atoms with van der Waals surface area (Å²) >= 11 is 2.03. The van der Waals surface area contributed by atoms with E-state index in [0.717, 1.165) is 12.1 Å². The third-order valence-electron chi connectivity index (χ3n) is 2.17. The normalized spacial score (nSPS) is 12.8. The molecule has 0 aliphatic carbocycles. The molecule has 1 atom stereocenters. The third kappa shape index (κ3) is 3.01. The molecule has 1 unspecified atom stereocenters. The predicted octanol–water partition coefficient (Wildman–Crippen LogP) is 1.69. The van der Waals surface area contributed by atoms with Gasteiger partial charge in [-0.1, -0.05) is 13.8 Å². The second-order valence-electron chi connectivity index (χ2n) is 3.42. The molecule has 0 spiro atoms. The Morgan fingerprint density at radius 1 is 1.60 bits per heavy atom. The van der Waals surface area contributed by atoms with Crippen molar-refractivity contribution in [3.8, 4) is 0 Å². The SMILES string of the molecule is CCc1nc(C(C)COC)[nH]c(=O)c1I. The summed E-state index contributed by atoms with van der Waals surface area (Å²) in [4.78, 5) is 18.8. The van der Waals surface area contributed by atoms with Crippen LogP contribution < -0.4 is 5.56 Å². The molecule has 1 heterocycles. The van der Waals surface area contributed by atoms with Crippen molar-refractivity contribution in [2.45, 2.75) is 26.2 Å². The molecule has 5 heteroatoms. The van der Waals surface area contributed by atoms with Gasteiger partial charge in [0.15, 0.2) is 0 Å². The van der Waals surface area contributed by atoms with Gasteiger partial charge < -0.3 is 9.72 Å². The van der Waals surface area contributed by atoms with Gasteiger partial charge in [0.1, 0.15) is 5.82 Å². The molecule has 1 aromatic rings. The van der Waals surface area contributed by atoms with Crippen LogP contribution in [0.3, 0.4) is 0 Å². The maximum atomic E-state index is 11.6. The Bertz CT molecular complexity index is 389. The fourth-order valence-corrected chi connectivity index (χ4v) is 1.96. The van der Waals surface area contributed by atoms with Crippen LogP contribution in [-0.4, -0.2) is 23.7 Å². The smallest absolute Gasteiger partial charge is 0.264 e. The van der Waals surface area contributed by atoms with Crippen LogP contribution in [0.4, 0.5) is 0 Å². The Labute approximate surface area is 103 Å². The van der Waals surface area contributed by atoms with Crippen LogP contribution in [0.5, 0.6) is 0 Å². The van der Waals surface area contributed by atoms with Crippen molar-refractivity contribution >= 4 is 22.6 Å². The molecule has 0 saturated heterocycles. The van der Waals surface area contributed by atoms with Gasteiger partial charge in [0, 0.05) is 13.0 Å². The summed E-state index contributed by atoms with van der Waals surface area (Å²) in [6.07, 6.45) is 0.773. The van der Waals surface area contributed by atoms with E-state index in [4.69, 9.17) is 4.74 Å². The van der Waals surface area contributed by atoms with Gasteiger partial charge >= 0.3 is 0 Å². The zero-order valence-corrected chi connectivity index (χ0v) is 11.3. The summed E-state index contributed by atoms with van der Waals surface area (Å²) in [7, 11) is 1.64. The summed E-state index contributed by atoms with van der Waals surface area (Å²) in [5.41, 5.74) is 0.803. The van der Waals surface area contributed by atoms with E-state index >= 15 is 0 Å². The van der Waals surface area contributed by atoms with Crippen molar-refractivity contribution < 1.29 is 4.74 Å². The van der Waals surface area contributed by atoms with Crippen molar-refractivity contribution in [3.05, 3.63) is 25.4 Å². The zero-order chi connectivity index (χ0) is 11.4.